The number of carbonyl (C=O) groups excluding carboxylic acids is 2. The van der Waals surface area contributed by atoms with Gasteiger partial charge in [-0.2, -0.15) is 5.10 Å². The van der Waals surface area contributed by atoms with Crippen LogP contribution in [0.4, 0.5) is 11.5 Å². The molecule has 5 rings (SSSR count). The van der Waals surface area contributed by atoms with Gasteiger partial charge in [-0.25, -0.2) is 14.8 Å². The number of esters is 1. The molecule has 1 aliphatic rings. The number of amides is 1. The highest BCUT2D eigenvalue weighted by Crippen LogP contribution is 2.39. The molecule has 1 amide bonds. The number of carbonyl (C=O) groups is 2. The van der Waals surface area contributed by atoms with Gasteiger partial charge in [-0.15, -0.1) is 0 Å². The first-order chi connectivity index (χ1) is 17.6. The molecule has 1 saturated carbocycles. The number of hydrogen-bond acceptors (Lipinski definition) is 8. The van der Waals surface area contributed by atoms with Crippen LogP contribution < -0.4 is 10.6 Å². The first kappa shape index (κ1) is 23.4. The summed E-state index contributed by atoms with van der Waals surface area (Å²) in [4.78, 5) is 33.6. The fraction of sp³-hybridized carbons (Fsp3) is 0.269. The van der Waals surface area contributed by atoms with Gasteiger partial charge in [-0.05, 0) is 55.2 Å². The molecule has 2 heterocycles. The van der Waals surface area contributed by atoms with E-state index in [2.05, 4.69) is 30.8 Å². The van der Waals surface area contributed by atoms with E-state index in [1.54, 1.807) is 24.3 Å². The minimum atomic E-state index is -0.484. The molecular weight excluding hydrogens is 460 g/mol. The molecule has 4 N–H and O–H groups in total. The van der Waals surface area contributed by atoms with E-state index >= 15 is 0 Å². The van der Waals surface area contributed by atoms with Crippen LogP contribution in [-0.4, -0.2) is 50.9 Å². The number of aromatic amines is 1. The Morgan fingerprint density at radius 3 is 2.78 bits per heavy atom. The van der Waals surface area contributed by atoms with Crippen molar-refractivity contribution in [3.8, 4) is 0 Å². The van der Waals surface area contributed by atoms with Crippen molar-refractivity contribution in [1.82, 2.24) is 20.2 Å². The summed E-state index contributed by atoms with van der Waals surface area (Å²) in [5.74, 6) is 0.221. The first-order valence-electron chi connectivity index (χ1n) is 11.7. The molecule has 1 fully saturated rings. The van der Waals surface area contributed by atoms with E-state index in [9.17, 15) is 14.7 Å². The van der Waals surface area contributed by atoms with Crippen LogP contribution in [0.15, 0.2) is 54.9 Å². The molecule has 36 heavy (non-hydrogen) atoms. The molecule has 0 aliphatic heterocycles. The van der Waals surface area contributed by atoms with Gasteiger partial charge < -0.3 is 20.5 Å². The SMILES string of the molecule is COC(=O)c1cccc2c(NC(CCO)c3cccc(NC(=O)c4cc(C5CC5)n[nH]4)c3)ncnc12. The predicted molar refractivity (Wildman–Crippen MR) is 134 cm³/mol. The average Bonchev–Trinajstić information content (AvgIpc) is 3.63. The molecule has 2 aromatic carbocycles. The van der Waals surface area contributed by atoms with Crippen LogP contribution >= 0.6 is 0 Å². The summed E-state index contributed by atoms with van der Waals surface area (Å²) in [6.07, 6.45) is 3.99. The maximum atomic E-state index is 12.7. The molecule has 0 bridgehead atoms. The Labute approximate surface area is 207 Å². The largest absolute Gasteiger partial charge is 0.465 e. The minimum Gasteiger partial charge on any atom is -0.465 e. The number of rotatable bonds is 9. The highest BCUT2D eigenvalue weighted by atomic mass is 16.5. The van der Waals surface area contributed by atoms with Crippen molar-refractivity contribution in [2.45, 2.75) is 31.2 Å². The smallest absolute Gasteiger partial charge is 0.340 e. The molecule has 1 aliphatic carbocycles. The van der Waals surface area contributed by atoms with Crippen molar-refractivity contribution in [1.29, 1.82) is 0 Å². The van der Waals surface area contributed by atoms with E-state index in [4.69, 9.17) is 4.74 Å². The van der Waals surface area contributed by atoms with E-state index in [0.717, 1.165) is 24.1 Å². The van der Waals surface area contributed by atoms with E-state index in [1.807, 2.05) is 24.3 Å². The number of benzene rings is 2. The van der Waals surface area contributed by atoms with E-state index in [-0.39, 0.29) is 18.6 Å². The fourth-order valence-corrected chi connectivity index (χ4v) is 4.17. The molecular formula is C26H26N6O4. The molecule has 0 spiro atoms. The Morgan fingerprint density at radius 2 is 2.00 bits per heavy atom. The monoisotopic (exact) mass is 486 g/mol. The zero-order chi connectivity index (χ0) is 25.1. The molecule has 10 nitrogen and oxygen atoms in total. The minimum absolute atomic E-state index is 0.0667. The van der Waals surface area contributed by atoms with Crippen molar-refractivity contribution >= 4 is 34.3 Å². The number of hydrogen-bond donors (Lipinski definition) is 4. The number of ether oxygens (including phenoxy) is 1. The van der Waals surface area contributed by atoms with Gasteiger partial charge in [0.1, 0.15) is 17.8 Å². The highest BCUT2D eigenvalue weighted by molar-refractivity contribution is 6.05. The number of fused-ring (bicyclic) bond motifs is 1. The van der Waals surface area contributed by atoms with Gasteiger partial charge in [0.05, 0.1) is 29.9 Å². The van der Waals surface area contributed by atoms with Gasteiger partial charge in [-0.3, -0.25) is 9.89 Å². The predicted octanol–water partition coefficient (Wildman–Crippen LogP) is 3.80. The summed E-state index contributed by atoms with van der Waals surface area (Å²) < 4.78 is 4.87. The van der Waals surface area contributed by atoms with Crippen molar-refractivity contribution in [3.63, 3.8) is 0 Å². The summed E-state index contributed by atoms with van der Waals surface area (Å²) >= 11 is 0. The summed E-state index contributed by atoms with van der Waals surface area (Å²) in [7, 11) is 1.32. The second kappa shape index (κ2) is 10.1. The van der Waals surface area contributed by atoms with Crippen LogP contribution in [0.25, 0.3) is 10.9 Å². The zero-order valence-corrected chi connectivity index (χ0v) is 19.7. The fourth-order valence-electron chi connectivity index (χ4n) is 4.17. The van der Waals surface area contributed by atoms with Crippen LogP contribution in [0.2, 0.25) is 0 Å². The number of H-pyrrole nitrogens is 1. The highest BCUT2D eigenvalue weighted by Gasteiger charge is 2.27. The number of aliphatic hydroxyl groups is 1. The lowest BCUT2D eigenvalue weighted by Crippen LogP contribution is -2.16. The van der Waals surface area contributed by atoms with Gasteiger partial charge in [0.25, 0.3) is 5.91 Å². The summed E-state index contributed by atoms with van der Waals surface area (Å²) in [5, 5.41) is 23.7. The van der Waals surface area contributed by atoms with Gasteiger partial charge >= 0.3 is 5.97 Å². The molecule has 1 unspecified atom stereocenters. The van der Waals surface area contributed by atoms with Crippen LogP contribution in [0.1, 0.15) is 63.3 Å². The Kier molecular flexibility index (Phi) is 6.59. The second-order valence-electron chi connectivity index (χ2n) is 8.69. The third-order valence-electron chi connectivity index (χ3n) is 6.18. The van der Waals surface area contributed by atoms with Gasteiger partial charge in [0.2, 0.25) is 0 Å². The lowest BCUT2D eigenvalue weighted by Gasteiger charge is -2.21. The summed E-state index contributed by atoms with van der Waals surface area (Å²) in [6.45, 7) is -0.0667. The Hall–Kier alpha value is -4.31. The maximum absolute atomic E-state index is 12.7. The number of nitrogens with zero attached hydrogens (tertiary/aromatic N) is 3. The van der Waals surface area contributed by atoms with Crippen molar-refractivity contribution in [3.05, 3.63) is 77.4 Å². The number of anilines is 2. The lowest BCUT2D eigenvalue weighted by molar-refractivity contribution is 0.0602. The number of para-hydroxylation sites is 1. The normalized spacial score (nSPS) is 13.8. The van der Waals surface area contributed by atoms with Crippen molar-refractivity contribution in [2.24, 2.45) is 0 Å². The first-order valence-corrected chi connectivity index (χ1v) is 11.7. The standard InChI is InChI=1S/C26H26N6O4/c1-36-26(35)19-7-3-6-18-23(19)27-14-28-24(18)30-20(10-11-33)16-4-2-5-17(12-16)29-25(34)22-13-21(31-32-22)15-8-9-15/h2-7,12-15,20,33H,8-11H2,1H3,(H,29,34)(H,31,32)(H,27,28,30). The van der Waals surface area contributed by atoms with Gasteiger partial charge in [0.15, 0.2) is 0 Å². The third kappa shape index (κ3) is 4.89. The van der Waals surface area contributed by atoms with Gasteiger partial charge in [-0.1, -0.05) is 18.2 Å². The second-order valence-corrected chi connectivity index (χ2v) is 8.69. The Bertz CT molecular complexity index is 1410. The third-order valence-corrected chi connectivity index (χ3v) is 6.18. The molecule has 0 saturated heterocycles. The van der Waals surface area contributed by atoms with Crippen LogP contribution in [0.5, 0.6) is 0 Å². The number of nitrogens with one attached hydrogen (secondary N) is 3. The summed E-state index contributed by atoms with van der Waals surface area (Å²) in [6, 6.07) is 14.1. The molecule has 1 atom stereocenters. The summed E-state index contributed by atoms with van der Waals surface area (Å²) in [5.41, 5.74) is 3.62. The number of aromatic nitrogens is 4. The van der Waals surface area contributed by atoms with Crippen LogP contribution in [0.3, 0.4) is 0 Å². The number of methoxy groups -OCH3 is 1. The zero-order valence-electron chi connectivity index (χ0n) is 19.7. The van der Waals surface area contributed by atoms with Crippen LogP contribution in [0, 0.1) is 0 Å². The number of aliphatic hydroxyl groups excluding tert-OH is 1. The van der Waals surface area contributed by atoms with E-state index < -0.39 is 5.97 Å². The molecule has 184 valence electrons. The molecule has 4 aromatic rings. The maximum Gasteiger partial charge on any atom is 0.340 e. The quantitative estimate of drug-likeness (QED) is 0.262. The van der Waals surface area contributed by atoms with Crippen molar-refractivity contribution in [2.75, 3.05) is 24.4 Å². The van der Waals surface area contributed by atoms with Gasteiger partial charge in [0, 0.05) is 23.6 Å². The average molecular weight is 487 g/mol. The van der Waals surface area contributed by atoms with E-state index in [1.165, 1.54) is 13.4 Å². The molecule has 2 aromatic heterocycles. The van der Waals surface area contributed by atoms with Crippen molar-refractivity contribution < 1.29 is 19.4 Å². The lowest BCUT2D eigenvalue weighted by atomic mass is 10.0. The molecule has 10 heteroatoms. The molecule has 0 radical (unpaired) electrons. The van der Waals surface area contributed by atoms with Crippen LogP contribution in [-0.2, 0) is 4.74 Å². The van der Waals surface area contributed by atoms with E-state index in [0.29, 0.717) is 46.0 Å². The Morgan fingerprint density at radius 1 is 1.17 bits per heavy atom. The topological polar surface area (TPSA) is 142 Å². The Balaban J connectivity index is 1.39.